The molecule has 0 bridgehead atoms. The molecular weight excluding hydrogens is 264 g/mol. The van der Waals surface area contributed by atoms with Gasteiger partial charge in [-0.15, -0.1) is 0 Å². The van der Waals surface area contributed by atoms with Crippen LogP contribution in [-0.2, 0) is 0 Å². The van der Waals surface area contributed by atoms with Gasteiger partial charge < -0.3 is 15.4 Å². The molecule has 0 aliphatic carbocycles. The molecule has 0 saturated heterocycles. The molecule has 0 radical (unpaired) electrons. The van der Waals surface area contributed by atoms with Crippen LogP contribution in [-0.4, -0.2) is 13.1 Å². The van der Waals surface area contributed by atoms with Gasteiger partial charge in [0.25, 0.3) is 0 Å². The molecule has 1 atom stereocenters. The first kappa shape index (κ1) is 14.9. The van der Waals surface area contributed by atoms with Gasteiger partial charge in [-0.3, -0.25) is 0 Å². The molecular formula is C17H20N2O2. The minimum atomic E-state index is -0.219. The standard InChI is InChI=1S/C17H20N2O2/c1-12-5-4-6-15(11-12)19-17(20)18-13(2)14-7-9-16(21-3)10-8-14/h4-11,13H,1-3H3,(H2,18,19,20)/t13-/m1/s1. The zero-order valence-corrected chi connectivity index (χ0v) is 12.5. The zero-order valence-electron chi connectivity index (χ0n) is 12.5. The number of carbonyl (C=O) groups is 1. The number of aryl methyl sites for hydroxylation is 1. The predicted octanol–water partition coefficient (Wildman–Crippen LogP) is 3.89. The van der Waals surface area contributed by atoms with Gasteiger partial charge in [-0.05, 0) is 49.2 Å². The summed E-state index contributed by atoms with van der Waals surface area (Å²) in [6.07, 6.45) is 0. The quantitative estimate of drug-likeness (QED) is 0.895. The van der Waals surface area contributed by atoms with Crippen LogP contribution < -0.4 is 15.4 Å². The first-order valence-corrected chi connectivity index (χ1v) is 6.86. The van der Waals surface area contributed by atoms with Crippen LogP contribution in [0.2, 0.25) is 0 Å². The molecule has 0 aliphatic rings. The van der Waals surface area contributed by atoms with E-state index in [9.17, 15) is 4.79 Å². The second kappa shape index (κ2) is 6.79. The highest BCUT2D eigenvalue weighted by Gasteiger charge is 2.09. The van der Waals surface area contributed by atoms with Crippen molar-refractivity contribution in [2.45, 2.75) is 19.9 Å². The van der Waals surface area contributed by atoms with Crippen molar-refractivity contribution >= 4 is 11.7 Å². The van der Waals surface area contributed by atoms with Crippen molar-refractivity contribution in [1.29, 1.82) is 0 Å². The number of methoxy groups -OCH3 is 1. The fourth-order valence-corrected chi connectivity index (χ4v) is 2.06. The molecule has 2 N–H and O–H groups in total. The first-order valence-electron chi connectivity index (χ1n) is 6.86. The number of benzene rings is 2. The van der Waals surface area contributed by atoms with Gasteiger partial charge in [-0.2, -0.15) is 0 Å². The van der Waals surface area contributed by atoms with Crippen LogP contribution in [0.15, 0.2) is 48.5 Å². The van der Waals surface area contributed by atoms with Crippen molar-refractivity contribution in [1.82, 2.24) is 5.32 Å². The number of amides is 2. The summed E-state index contributed by atoms with van der Waals surface area (Å²) in [6.45, 7) is 3.93. The van der Waals surface area contributed by atoms with E-state index < -0.39 is 0 Å². The van der Waals surface area contributed by atoms with Crippen molar-refractivity contribution in [3.05, 3.63) is 59.7 Å². The van der Waals surface area contributed by atoms with Gasteiger partial charge in [0.05, 0.1) is 13.2 Å². The summed E-state index contributed by atoms with van der Waals surface area (Å²) in [5, 5.41) is 5.74. The molecule has 0 spiro atoms. The number of hydrogen-bond acceptors (Lipinski definition) is 2. The van der Waals surface area contributed by atoms with Crippen LogP contribution in [0.3, 0.4) is 0 Å². The average molecular weight is 284 g/mol. The van der Waals surface area contributed by atoms with Gasteiger partial charge in [0.2, 0.25) is 0 Å². The van der Waals surface area contributed by atoms with E-state index in [1.807, 2.05) is 62.4 Å². The molecule has 2 aromatic rings. The predicted molar refractivity (Wildman–Crippen MR) is 84.7 cm³/mol. The third-order valence-corrected chi connectivity index (χ3v) is 3.24. The third kappa shape index (κ3) is 4.24. The van der Waals surface area contributed by atoms with Crippen LogP contribution in [0.25, 0.3) is 0 Å². The number of nitrogens with one attached hydrogen (secondary N) is 2. The van der Waals surface area contributed by atoms with E-state index in [-0.39, 0.29) is 12.1 Å². The van der Waals surface area contributed by atoms with Crippen LogP contribution in [0.5, 0.6) is 5.75 Å². The Kier molecular flexibility index (Phi) is 4.82. The van der Waals surface area contributed by atoms with Crippen LogP contribution >= 0.6 is 0 Å². The molecule has 4 nitrogen and oxygen atoms in total. The Morgan fingerprint density at radius 1 is 1.14 bits per heavy atom. The van der Waals surface area contributed by atoms with Crippen molar-refractivity contribution in [3.8, 4) is 5.75 Å². The van der Waals surface area contributed by atoms with E-state index in [0.29, 0.717) is 0 Å². The van der Waals surface area contributed by atoms with Crippen LogP contribution in [0, 0.1) is 6.92 Å². The molecule has 110 valence electrons. The largest absolute Gasteiger partial charge is 0.497 e. The number of carbonyl (C=O) groups excluding carboxylic acids is 1. The Balaban J connectivity index is 1.95. The first-order chi connectivity index (χ1) is 10.1. The summed E-state index contributed by atoms with van der Waals surface area (Å²) in [5.41, 5.74) is 2.92. The van der Waals surface area contributed by atoms with Gasteiger partial charge in [0.1, 0.15) is 5.75 Å². The number of rotatable bonds is 4. The summed E-state index contributed by atoms with van der Waals surface area (Å²) in [4.78, 5) is 12.0. The smallest absolute Gasteiger partial charge is 0.319 e. The Morgan fingerprint density at radius 2 is 1.86 bits per heavy atom. The molecule has 21 heavy (non-hydrogen) atoms. The van der Waals surface area contributed by atoms with Crippen molar-refractivity contribution < 1.29 is 9.53 Å². The molecule has 0 unspecified atom stereocenters. The summed E-state index contributed by atoms with van der Waals surface area (Å²) < 4.78 is 5.12. The number of anilines is 1. The maximum absolute atomic E-state index is 12.0. The molecule has 0 aromatic heterocycles. The third-order valence-electron chi connectivity index (χ3n) is 3.24. The van der Waals surface area contributed by atoms with E-state index >= 15 is 0 Å². The summed E-state index contributed by atoms with van der Waals surface area (Å²) in [7, 11) is 1.63. The number of ether oxygens (including phenoxy) is 1. The molecule has 0 heterocycles. The minimum Gasteiger partial charge on any atom is -0.497 e. The molecule has 2 amide bonds. The average Bonchev–Trinajstić information content (AvgIpc) is 2.47. The summed E-state index contributed by atoms with van der Waals surface area (Å²) in [5.74, 6) is 0.801. The van der Waals surface area contributed by atoms with E-state index in [2.05, 4.69) is 10.6 Å². The molecule has 0 saturated carbocycles. The lowest BCUT2D eigenvalue weighted by molar-refractivity contribution is 0.249. The SMILES string of the molecule is COc1ccc([C@@H](C)NC(=O)Nc2cccc(C)c2)cc1. The normalized spacial score (nSPS) is 11.6. The van der Waals surface area contributed by atoms with Gasteiger partial charge in [-0.25, -0.2) is 4.79 Å². The maximum atomic E-state index is 12.0. The van der Waals surface area contributed by atoms with Gasteiger partial charge in [0.15, 0.2) is 0 Å². The van der Waals surface area contributed by atoms with E-state index in [1.165, 1.54) is 0 Å². The maximum Gasteiger partial charge on any atom is 0.319 e. The zero-order chi connectivity index (χ0) is 15.2. The highest BCUT2D eigenvalue weighted by Crippen LogP contribution is 2.17. The van der Waals surface area contributed by atoms with Crippen molar-refractivity contribution in [3.63, 3.8) is 0 Å². The Labute approximate surface area is 125 Å². The second-order valence-corrected chi connectivity index (χ2v) is 4.96. The molecule has 4 heteroatoms. The minimum absolute atomic E-state index is 0.0827. The lowest BCUT2D eigenvalue weighted by Crippen LogP contribution is -2.31. The van der Waals surface area contributed by atoms with Gasteiger partial charge in [0, 0.05) is 5.69 Å². The molecule has 2 aromatic carbocycles. The summed E-state index contributed by atoms with van der Waals surface area (Å²) >= 11 is 0. The van der Waals surface area contributed by atoms with Crippen molar-refractivity contribution in [2.24, 2.45) is 0 Å². The van der Waals surface area contributed by atoms with E-state index in [1.54, 1.807) is 7.11 Å². The monoisotopic (exact) mass is 284 g/mol. The Hall–Kier alpha value is -2.49. The highest BCUT2D eigenvalue weighted by molar-refractivity contribution is 5.89. The number of hydrogen-bond donors (Lipinski definition) is 2. The molecule has 2 rings (SSSR count). The lowest BCUT2D eigenvalue weighted by atomic mass is 10.1. The Bertz CT molecular complexity index is 608. The highest BCUT2D eigenvalue weighted by atomic mass is 16.5. The van der Waals surface area contributed by atoms with Gasteiger partial charge in [-0.1, -0.05) is 24.3 Å². The topological polar surface area (TPSA) is 50.4 Å². The lowest BCUT2D eigenvalue weighted by Gasteiger charge is -2.15. The fourth-order valence-electron chi connectivity index (χ4n) is 2.06. The number of urea groups is 1. The second-order valence-electron chi connectivity index (χ2n) is 4.96. The van der Waals surface area contributed by atoms with Crippen LogP contribution in [0.4, 0.5) is 10.5 Å². The fraction of sp³-hybridized carbons (Fsp3) is 0.235. The van der Waals surface area contributed by atoms with E-state index in [0.717, 1.165) is 22.6 Å². The molecule has 0 fully saturated rings. The molecule has 0 aliphatic heterocycles. The van der Waals surface area contributed by atoms with Gasteiger partial charge >= 0.3 is 6.03 Å². The van der Waals surface area contributed by atoms with Crippen molar-refractivity contribution in [2.75, 3.05) is 12.4 Å². The summed E-state index contributed by atoms with van der Waals surface area (Å²) in [6, 6.07) is 15.0. The van der Waals surface area contributed by atoms with E-state index in [4.69, 9.17) is 4.74 Å². The Morgan fingerprint density at radius 3 is 2.48 bits per heavy atom. The van der Waals surface area contributed by atoms with Crippen LogP contribution in [0.1, 0.15) is 24.1 Å².